The molecular weight excluding hydrogens is 266 g/mol. The summed E-state index contributed by atoms with van der Waals surface area (Å²) in [6, 6.07) is 7.68. The Labute approximate surface area is 124 Å². The summed E-state index contributed by atoms with van der Waals surface area (Å²) in [6.07, 6.45) is 7.67. The second kappa shape index (κ2) is 8.09. The van der Waals surface area contributed by atoms with Crippen molar-refractivity contribution in [2.45, 2.75) is 32.2 Å². The maximum Gasteiger partial charge on any atom is 0.315 e. The molecule has 0 bridgehead atoms. The van der Waals surface area contributed by atoms with Gasteiger partial charge in [-0.05, 0) is 43.5 Å². The Balaban J connectivity index is 1.60. The molecule has 0 radical (unpaired) electrons. The van der Waals surface area contributed by atoms with Crippen molar-refractivity contribution < 1.29 is 9.21 Å². The molecule has 0 saturated heterocycles. The Morgan fingerprint density at radius 1 is 1.33 bits per heavy atom. The van der Waals surface area contributed by atoms with Crippen molar-refractivity contribution in [3.05, 3.63) is 54.2 Å². The molecule has 2 aromatic heterocycles. The Morgan fingerprint density at radius 2 is 2.24 bits per heavy atom. The van der Waals surface area contributed by atoms with Crippen LogP contribution < -0.4 is 10.6 Å². The minimum absolute atomic E-state index is 0.105. The average molecular weight is 287 g/mol. The SMILES string of the molecule is C[C@@H](CCc1ccco1)NC(=O)NCCc1cccnc1. The number of aromatic nitrogens is 1. The van der Waals surface area contributed by atoms with Crippen LogP contribution in [-0.2, 0) is 12.8 Å². The summed E-state index contributed by atoms with van der Waals surface area (Å²) >= 11 is 0. The first-order valence-corrected chi connectivity index (χ1v) is 7.19. The van der Waals surface area contributed by atoms with E-state index in [-0.39, 0.29) is 12.1 Å². The predicted molar refractivity (Wildman–Crippen MR) is 81.0 cm³/mol. The van der Waals surface area contributed by atoms with Gasteiger partial charge in [0.25, 0.3) is 0 Å². The summed E-state index contributed by atoms with van der Waals surface area (Å²) in [5, 5.41) is 5.78. The highest BCUT2D eigenvalue weighted by molar-refractivity contribution is 5.74. The summed E-state index contributed by atoms with van der Waals surface area (Å²) in [4.78, 5) is 15.8. The van der Waals surface area contributed by atoms with Gasteiger partial charge in [-0.1, -0.05) is 6.07 Å². The van der Waals surface area contributed by atoms with E-state index in [0.717, 1.165) is 30.6 Å². The Kier molecular flexibility index (Phi) is 5.82. The van der Waals surface area contributed by atoms with E-state index in [2.05, 4.69) is 15.6 Å². The molecule has 2 aromatic rings. The highest BCUT2D eigenvalue weighted by atomic mass is 16.3. The summed E-state index contributed by atoms with van der Waals surface area (Å²) in [5.41, 5.74) is 1.11. The van der Waals surface area contributed by atoms with E-state index in [4.69, 9.17) is 4.42 Å². The number of rotatable bonds is 7. The van der Waals surface area contributed by atoms with Crippen molar-refractivity contribution in [3.63, 3.8) is 0 Å². The van der Waals surface area contributed by atoms with Gasteiger partial charge in [0.1, 0.15) is 5.76 Å². The third-order valence-corrected chi connectivity index (χ3v) is 3.20. The zero-order chi connectivity index (χ0) is 14.9. The van der Waals surface area contributed by atoms with Crippen molar-refractivity contribution in [1.82, 2.24) is 15.6 Å². The van der Waals surface area contributed by atoms with Crippen LogP contribution in [-0.4, -0.2) is 23.6 Å². The fourth-order valence-electron chi connectivity index (χ4n) is 2.03. The lowest BCUT2D eigenvalue weighted by Gasteiger charge is -2.14. The van der Waals surface area contributed by atoms with E-state index in [9.17, 15) is 4.79 Å². The van der Waals surface area contributed by atoms with Crippen LogP contribution in [0.1, 0.15) is 24.7 Å². The van der Waals surface area contributed by atoms with Crippen molar-refractivity contribution in [1.29, 1.82) is 0 Å². The van der Waals surface area contributed by atoms with Gasteiger partial charge >= 0.3 is 6.03 Å². The monoisotopic (exact) mass is 287 g/mol. The maximum atomic E-state index is 11.7. The molecule has 0 unspecified atom stereocenters. The summed E-state index contributed by atoms with van der Waals surface area (Å²) < 4.78 is 5.27. The van der Waals surface area contributed by atoms with Crippen LogP contribution in [0.25, 0.3) is 0 Å². The first-order valence-electron chi connectivity index (χ1n) is 7.19. The summed E-state index contributed by atoms with van der Waals surface area (Å²) in [6.45, 7) is 2.59. The largest absolute Gasteiger partial charge is 0.469 e. The lowest BCUT2D eigenvalue weighted by atomic mass is 10.1. The lowest BCUT2D eigenvalue weighted by Crippen LogP contribution is -2.41. The molecule has 5 nitrogen and oxygen atoms in total. The third kappa shape index (κ3) is 5.69. The number of carbonyl (C=O) groups is 1. The Hall–Kier alpha value is -2.30. The molecule has 5 heteroatoms. The van der Waals surface area contributed by atoms with Crippen LogP contribution >= 0.6 is 0 Å². The molecule has 112 valence electrons. The van der Waals surface area contributed by atoms with Gasteiger partial charge in [-0.2, -0.15) is 0 Å². The first kappa shape index (κ1) is 15.1. The number of carbonyl (C=O) groups excluding carboxylic acids is 1. The fraction of sp³-hybridized carbons (Fsp3) is 0.375. The molecule has 2 amide bonds. The van der Waals surface area contributed by atoms with E-state index < -0.39 is 0 Å². The number of hydrogen-bond donors (Lipinski definition) is 2. The van der Waals surface area contributed by atoms with E-state index in [1.165, 1.54) is 0 Å². The Bertz CT molecular complexity index is 526. The zero-order valence-corrected chi connectivity index (χ0v) is 12.2. The number of nitrogens with one attached hydrogen (secondary N) is 2. The minimum Gasteiger partial charge on any atom is -0.469 e. The topological polar surface area (TPSA) is 67.2 Å². The van der Waals surface area contributed by atoms with Crippen molar-refractivity contribution in [2.24, 2.45) is 0 Å². The molecule has 21 heavy (non-hydrogen) atoms. The highest BCUT2D eigenvalue weighted by Crippen LogP contribution is 2.05. The predicted octanol–water partition coefficient (Wildman–Crippen LogP) is 2.54. The van der Waals surface area contributed by atoms with Gasteiger partial charge in [0, 0.05) is 31.4 Å². The molecule has 2 N–H and O–H groups in total. The lowest BCUT2D eigenvalue weighted by molar-refractivity contribution is 0.237. The second-order valence-corrected chi connectivity index (χ2v) is 5.03. The quantitative estimate of drug-likeness (QED) is 0.822. The second-order valence-electron chi connectivity index (χ2n) is 5.03. The minimum atomic E-state index is -0.133. The molecule has 1 atom stereocenters. The van der Waals surface area contributed by atoms with Gasteiger partial charge in [-0.15, -0.1) is 0 Å². The third-order valence-electron chi connectivity index (χ3n) is 3.20. The molecule has 0 fully saturated rings. The molecule has 0 aromatic carbocycles. The molecular formula is C16H21N3O2. The molecule has 0 aliphatic carbocycles. The van der Waals surface area contributed by atoms with Crippen LogP contribution in [0, 0.1) is 0 Å². The van der Waals surface area contributed by atoms with E-state index >= 15 is 0 Å². The van der Waals surface area contributed by atoms with Gasteiger partial charge in [0.2, 0.25) is 0 Å². The van der Waals surface area contributed by atoms with Gasteiger partial charge in [0.05, 0.1) is 6.26 Å². The van der Waals surface area contributed by atoms with E-state index in [0.29, 0.717) is 6.54 Å². The van der Waals surface area contributed by atoms with Crippen molar-refractivity contribution in [3.8, 4) is 0 Å². The van der Waals surface area contributed by atoms with Crippen molar-refractivity contribution in [2.75, 3.05) is 6.54 Å². The molecule has 2 heterocycles. The van der Waals surface area contributed by atoms with Gasteiger partial charge < -0.3 is 15.1 Å². The van der Waals surface area contributed by atoms with Gasteiger partial charge in [-0.25, -0.2) is 4.79 Å². The standard InChI is InChI=1S/C16H21N3O2/c1-13(6-7-15-5-3-11-21-15)19-16(20)18-10-8-14-4-2-9-17-12-14/h2-5,9,11-13H,6-8,10H2,1H3,(H2,18,19,20)/t13-/m0/s1. The maximum absolute atomic E-state index is 11.7. The number of nitrogens with zero attached hydrogens (tertiary/aromatic N) is 1. The van der Waals surface area contributed by atoms with Crippen LogP contribution in [0.4, 0.5) is 4.79 Å². The molecule has 0 aliphatic rings. The summed E-state index contributed by atoms with van der Waals surface area (Å²) in [7, 11) is 0. The van der Waals surface area contributed by atoms with Crippen LogP contribution in [0.3, 0.4) is 0 Å². The summed E-state index contributed by atoms with van der Waals surface area (Å²) in [5.74, 6) is 0.945. The number of pyridine rings is 1. The molecule has 0 saturated carbocycles. The number of urea groups is 1. The number of aryl methyl sites for hydroxylation is 1. The van der Waals surface area contributed by atoms with Gasteiger partial charge in [-0.3, -0.25) is 4.98 Å². The average Bonchev–Trinajstić information content (AvgIpc) is 2.99. The molecule has 0 spiro atoms. The van der Waals surface area contributed by atoms with E-state index in [1.807, 2.05) is 37.4 Å². The van der Waals surface area contributed by atoms with Crippen molar-refractivity contribution >= 4 is 6.03 Å². The highest BCUT2D eigenvalue weighted by Gasteiger charge is 2.07. The number of amides is 2. The fourth-order valence-corrected chi connectivity index (χ4v) is 2.03. The smallest absolute Gasteiger partial charge is 0.315 e. The first-order chi connectivity index (χ1) is 10.2. The Morgan fingerprint density at radius 3 is 2.95 bits per heavy atom. The molecule has 0 aliphatic heterocycles. The van der Waals surface area contributed by atoms with E-state index in [1.54, 1.807) is 12.5 Å². The zero-order valence-electron chi connectivity index (χ0n) is 12.2. The normalized spacial score (nSPS) is 11.9. The number of furan rings is 1. The number of hydrogen-bond acceptors (Lipinski definition) is 3. The van der Waals surface area contributed by atoms with Crippen LogP contribution in [0.5, 0.6) is 0 Å². The van der Waals surface area contributed by atoms with Crippen LogP contribution in [0.2, 0.25) is 0 Å². The molecule has 2 rings (SSSR count). The van der Waals surface area contributed by atoms with Gasteiger partial charge in [0.15, 0.2) is 0 Å². The van der Waals surface area contributed by atoms with Crippen LogP contribution in [0.15, 0.2) is 47.3 Å².